The Kier molecular flexibility index (Phi) is 3.10. The van der Waals surface area contributed by atoms with Crippen LogP contribution in [-0.2, 0) is 6.54 Å². The molecule has 1 N–H and O–H groups in total. The van der Waals surface area contributed by atoms with Crippen LogP contribution in [0.15, 0.2) is 27.8 Å². The van der Waals surface area contributed by atoms with Crippen molar-refractivity contribution in [2.75, 3.05) is 0 Å². The zero-order chi connectivity index (χ0) is 8.97. The molecule has 0 atom stereocenters. The van der Waals surface area contributed by atoms with Crippen molar-refractivity contribution >= 4 is 22.2 Å². The van der Waals surface area contributed by atoms with E-state index in [4.69, 9.17) is 5.53 Å². The Bertz CT molecular complexity index is 312. The van der Waals surface area contributed by atoms with Crippen molar-refractivity contribution < 1.29 is 4.79 Å². The van der Waals surface area contributed by atoms with Gasteiger partial charge in [0, 0.05) is 10.0 Å². The standard InChI is InChI=1S/C8H7BrN2O/c9-8-3-6(4-11-10)1-2-7(8)5-12/h1-3,5,10H,4H2. The molecule has 0 fully saturated rings. The summed E-state index contributed by atoms with van der Waals surface area (Å²) < 4.78 is 0.749. The van der Waals surface area contributed by atoms with Gasteiger partial charge >= 0.3 is 0 Å². The van der Waals surface area contributed by atoms with Crippen molar-refractivity contribution in [3.63, 3.8) is 0 Å². The molecule has 0 aliphatic carbocycles. The number of aldehydes is 1. The third-order valence-electron chi connectivity index (χ3n) is 1.45. The summed E-state index contributed by atoms with van der Waals surface area (Å²) in [6.45, 7) is 0.359. The zero-order valence-corrected chi connectivity index (χ0v) is 7.84. The summed E-state index contributed by atoms with van der Waals surface area (Å²) in [7, 11) is 0. The highest BCUT2D eigenvalue weighted by atomic mass is 79.9. The van der Waals surface area contributed by atoms with Gasteiger partial charge < -0.3 is 0 Å². The maximum Gasteiger partial charge on any atom is 0.151 e. The first-order valence-corrected chi connectivity index (χ1v) is 4.14. The average Bonchev–Trinajstić information content (AvgIpc) is 2.05. The van der Waals surface area contributed by atoms with Crippen molar-refractivity contribution in [1.82, 2.24) is 0 Å². The molecule has 0 aliphatic rings. The smallest absolute Gasteiger partial charge is 0.151 e. The molecular weight excluding hydrogens is 220 g/mol. The predicted octanol–water partition coefficient (Wildman–Crippen LogP) is 2.79. The minimum atomic E-state index is 0.359. The molecule has 4 heteroatoms. The molecule has 1 aromatic carbocycles. The van der Waals surface area contributed by atoms with Gasteiger partial charge in [0.25, 0.3) is 0 Å². The number of nitrogens with one attached hydrogen (secondary N) is 1. The molecule has 3 nitrogen and oxygen atoms in total. The van der Waals surface area contributed by atoms with E-state index in [1.165, 1.54) is 0 Å². The van der Waals surface area contributed by atoms with Gasteiger partial charge in [-0.2, -0.15) is 5.11 Å². The highest BCUT2D eigenvalue weighted by Gasteiger charge is 1.98. The van der Waals surface area contributed by atoms with E-state index in [1.807, 2.05) is 0 Å². The van der Waals surface area contributed by atoms with Crippen LogP contribution in [0, 0.1) is 5.53 Å². The molecule has 0 aromatic heterocycles. The quantitative estimate of drug-likeness (QED) is 0.626. The number of hydrogen-bond donors (Lipinski definition) is 1. The van der Waals surface area contributed by atoms with Gasteiger partial charge in [0.15, 0.2) is 6.29 Å². The van der Waals surface area contributed by atoms with Crippen molar-refractivity contribution in [3.8, 4) is 0 Å². The van der Waals surface area contributed by atoms with Crippen molar-refractivity contribution in [2.45, 2.75) is 6.54 Å². The van der Waals surface area contributed by atoms with Crippen molar-refractivity contribution in [1.29, 1.82) is 5.53 Å². The highest BCUT2D eigenvalue weighted by molar-refractivity contribution is 9.10. The molecule has 0 spiro atoms. The van der Waals surface area contributed by atoms with Crippen LogP contribution in [0.5, 0.6) is 0 Å². The minimum Gasteiger partial charge on any atom is -0.298 e. The molecule has 12 heavy (non-hydrogen) atoms. The maximum atomic E-state index is 10.4. The van der Waals surface area contributed by atoms with Crippen LogP contribution in [0.3, 0.4) is 0 Å². The summed E-state index contributed by atoms with van der Waals surface area (Å²) in [6.07, 6.45) is 0.783. The Labute approximate surface area is 78.4 Å². The number of hydrogen-bond acceptors (Lipinski definition) is 3. The monoisotopic (exact) mass is 226 g/mol. The molecule has 0 bridgehead atoms. The van der Waals surface area contributed by atoms with E-state index >= 15 is 0 Å². The Morgan fingerprint density at radius 1 is 1.58 bits per heavy atom. The number of carbonyl (C=O) groups excluding carboxylic acids is 1. The SMILES string of the molecule is N=NCc1ccc(C=O)c(Br)c1. The molecule has 0 radical (unpaired) electrons. The first-order valence-electron chi connectivity index (χ1n) is 3.34. The summed E-state index contributed by atoms with van der Waals surface area (Å²) in [5.41, 5.74) is 8.18. The Hall–Kier alpha value is -1.03. The normalized spacial score (nSPS) is 9.42. The lowest BCUT2D eigenvalue weighted by Gasteiger charge is -1.98. The summed E-state index contributed by atoms with van der Waals surface area (Å²) in [6, 6.07) is 5.28. The molecule has 0 aliphatic heterocycles. The highest BCUT2D eigenvalue weighted by Crippen LogP contribution is 2.17. The van der Waals surface area contributed by atoms with Crippen LogP contribution >= 0.6 is 15.9 Å². The molecule has 1 rings (SSSR count). The van der Waals surface area contributed by atoms with Gasteiger partial charge in [0.1, 0.15) is 0 Å². The van der Waals surface area contributed by atoms with Gasteiger partial charge in [0.05, 0.1) is 6.54 Å². The van der Waals surface area contributed by atoms with Gasteiger partial charge in [0.2, 0.25) is 0 Å². The van der Waals surface area contributed by atoms with E-state index in [9.17, 15) is 4.79 Å². The predicted molar refractivity (Wildman–Crippen MR) is 48.4 cm³/mol. The third-order valence-corrected chi connectivity index (χ3v) is 2.14. The topological polar surface area (TPSA) is 53.3 Å². The van der Waals surface area contributed by atoms with Gasteiger partial charge in [-0.1, -0.05) is 28.1 Å². The zero-order valence-electron chi connectivity index (χ0n) is 6.25. The maximum absolute atomic E-state index is 10.4. The second-order valence-corrected chi connectivity index (χ2v) is 3.14. The number of halogens is 1. The molecule has 62 valence electrons. The van der Waals surface area contributed by atoms with E-state index in [0.717, 1.165) is 16.3 Å². The number of carbonyl (C=O) groups is 1. The fourth-order valence-electron chi connectivity index (χ4n) is 0.856. The van der Waals surface area contributed by atoms with Crippen LogP contribution in [0.25, 0.3) is 0 Å². The van der Waals surface area contributed by atoms with Crippen LogP contribution in [-0.4, -0.2) is 6.29 Å². The third kappa shape index (κ3) is 1.98. The number of benzene rings is 1. The molecule has 1 aromatic rings. The summed E-state index contributed by atoms with van der Waals surface area (Å²) in [5, 5.41) is 3.24. The van der Waals surface area contributed by atoms with Gasteiger partial charge in [-0.3, -0.25) is 4.79 Å². The molecular formula is C8H7BrN2O. The number of rotatable bonds is 3. The molecule has 0 saturated heterocycles. The Morgan fingerprint density at radius 2 is 2.33 bits per heavy atom. The summed E-state index contributed by atoms with van der Waals surface area (Å²) in [4.78, 5) is 10.4. The second kappa shape index (κ2) is 4.11. The van der Waals surface area contributed by atoms with Crippen LogP contribution in [0.4, 0.5) is 0 Å². The Morgan fingerprint density at radius 3 is 2.83 bits per heavy atom. The fourth-order valence-corrected chi connectivity index (χ4v) is 1.38. The largest absolute Gasteiger partial charge is 0.298 e. The van der Waals surface area contributed by atoms with Crippen LogP contribution in [0.1, 0.15) is 15.9 Å². The minimum absolute atomic E-state index is 0.359. The van der Waals surface area contributed by atoms with Crippen molar-refractivity contribution in [3.05, 3.63) is 33.8 Å². The lowest BCUT2D eigenvalue weighted by Crippen LogP contribution is -1.85. The van der Waals surface area contributed by atoms with E-state index < -0.39 is 0 Å². The van der Waals surface area contributed by atoms with Crippen LogP contribution in [0.2, 0.25) is 0 Å². The average molecular weight is 227 g/mol. The van der Waals surface area contributed by atoms with E-state index in [-0.39, 0.29) is 0 Å². The van der Waals surface area contributed by atoms with Gasteiger partial charge in [-0.15, -0.1) is 0 Å². The molecule has 0 saturated carbocycles. The second-order valence-electron chi connectivity index (χ2n) is 2.29. The Balaban J connectivity index is 3.00. The number of nitrogens with zero attached hydrogens (tertiary/aromatic N) is 1. The summed E-state index contributed by atoms with van der Waals surface area (Å²) in [5.74, 6) is 0. The van der Waals surface area contributed by atoms with Crippen molar-refractivity contribution in [2.24, 2.45) is 5.11 Å². The summed E-state index contributed by atoms with van der Waals surface area (Å²) >= 11 is 3.24. The first kappa shape index (κ1) is 9.06. The van der Waals surface area contributed by atoms with Gasteiger partial charge in [-0.25, -0.2) is 5.53 Å². The van der Waals surface area contributed by atoms with E-state index in [0.29, 0.717) is 12.1 Å². The van der Waals surface area contributed by atoms with Gasteiger partial charge in [-0.05, 0) is 11.6 Å². The molecule has 0 unspecified atom stereocenters. The van der Waals surface area contributed by atoms with E-state index in [1.54, 1.807) is 18.2 Å². The molecule has 0 amide bonds. The van der Waals surface area contributed by atoms with E-state index in [2.05, 4.69) is 21.0 Å². The lowest BCUT2D eigenvalue weighted by atomic mass is 10.1. The molecule has 0 heterocycles. The van der Waals surface area contributed by atoms with Crippen LogP contribution < -0.4 is 0 Å². The first-order chi connectivity index (χ1) is 5.77. The lowest BCUT2D eigenvalue weighted by molar-refractivity contribution is 0.112. The fraction of sp³-hybridized carbons (Fsp3) is 0.125.